The van der Waals surface area contributed by atoms with Gasteiger partial charge >= 0.3 is 0 Å². The van der Waals surface area contributed by atoms with Gasteiger partial charge in [0, 0.05) is 13.6 Å². The van der Waals surface area contributed by atoms with Gasteiger partial charge in [-0.15, -0.1) is 5.10 Å². The van der Waals surface area contributed by atoms with E-state index in [1.54, 1.807) is 23.0 Å². The summed E-state index contributed by atoms with van der Waals surface area (Å²) in [7, 11) is 1.79. The van der Waals surface area contributed by atoms with Gasteiger partial charge in [-0.25, -0.2) is 9.67 Å². The largest absolute Gasteiger partial charge is 0.486 e. The molecule has 0 radical (unpaired) electrons. The Bertz CT molecular complexity index is 961. The lowest BCUT2D eigenvalue weighted by Gasteiger charge is -2.21. The van der Waals surface area contributed by atoms with Gasteiger partial charge < -0.3 is 14.4 Å². The van der Waals surface area contributed by atoms with Crippen LogP contribution in [0, 0.1) is 0 Å². The van der Waals surface area contributed by atoms with Crippen LogP contribution in [0.2, 0.25) is 0 Å². The van der Waals surface area contributed by atoms with Gasteiger partial charge in [0.25, 0.3) is 0 Å². The second kappa shape index (κ2) is 8.35. The molecule has 1 amide bonds. The van der Waals surface area contributed by atoms with E-state index in [4.69, 9.17) is 9.47 Å². The Labute approximate surface area is 167 Å². The van der Waals surface area contributed by atoms with Crippen LogP contribution in [-0.4, -0.2) is 51.6 Å². The second-order valence-electron chi connectivity index (χ2n) is 6.32. The molecular weight excluding hydrogens is 376 g/mol. The zero-order valence-electron chi connectivity index (χ0n) is 15.4. The predicted molar refractivity (Wildman–Crippen MR) is 106 cm³/mol. The Balaban J connectivity index is 1.32. The Morgan fingerprint density at radius 2 is 1.93 bits per heavy atom. The van der Waals surface area contributed by atoms with Gasteiger partial charge in [-0.1, -0.05) is 36.0 Å². The van der Waals surface area contributed by atoms with Crippen LogP contribution in [0.3, 0.4) is 0 Å². The highest BCUT2D eigenvalue weighted by Gasteiger charge is 2.15. The highest BCUT2D eigenvalue weighted by Crippen LogP contribution is 2.31. The maximum absolute atomic E-state index is 12.5. The molecule has 3 aromatic rings. The lowest BCUT2D eigenvalue weighted by Crippen LogP contribution is -2.28. The highest BCUT2D eigenvalue weighted by molar-refractivity contribution is 7.99. The average molecular weight is 396 g/mol. The molecule has 4 rings (SSSR count). The third kappa shape index (κ3) is 4.28. The standard InChI is InChI=1S/C20H20N4O3S/c1-23(12-15-7-8-17-18(11-15)27-10-9-26-17)19(25)13-28-20-21-14-24(22-20)16-5-3-2-4-6-16/h2-8,11,14H,9-10,12-13H2,1H3. The summed E-state index contributed by atoms with van der Waals surface area (Å²) >= 11 is 1.33. The van der Waals surface area contributed by atoms with E-state index in [0.717, 1.165) is 22.7 Å². The first kappa shape index (κ1) is 18.4. The SMILES string of the molecule is CN(Cc1ccc2c(c1)OCCO2)C(=O)CSc1ncn(-c2ccccc2)n1. The number of benzene rings is 2. The van der Waals surface area contributed by atoms with Crippen LogP contribution in [-0.2, 0) is 11.3 Å². The topological polar surface area (TPSA) is 69.5 Å². The first-order chi connectivity index (χ1) is 13.7. The van der Waals surface area contributed by atoms with Crippen LogP contribution in [0.1, 0.15) is 5.56 Å². The number of thioether (sulfide) groups is 1. The van der Waals surface area contributed by atoms with E-state index >= 15 is 0 Å². The van der Waals surface area contributed by atoms with E-state index in [1.165, 1.54) is 11.8 Å². The van der Waals surface area contributed by atoms with Crippen LogP contribution >= 0.6 is 11.8 Å². The van der Waals surface area contributed by atoms with Crippen molar-refractivity contribution in [2.75, 3.05) is 26.0 Å². The number of hydrogen-bond donors (Lipinski definition) is 0. The highest BCUT2D eigenvalue weighted by atomic mass is 32.2. The molecular formula is C20H20N4O3S. The van der Waals surface area contributed by atoms with Gasteiger partial charge in [0.15, 0.2) is 11.5 Å². The molecule has 28 heavy (non-hydrogen) atoms. The van der Waals surface area contributed by atoms with Crippen LogP contribution in [0.4, 0.5) is 0 Å². The Hall–Kier alpha value is -3.00. The molecule has 1 aliphatic rings. The molecule has 7 nitrogen and oxygen atoms in total. The number of carbonyl (C=O) groups is 1. The lowest BCUT2D eigenvalue weighted by atomic mass is 10.2. The number of carbonyl (C=O) groups excluding carboxylic acids is 1. The van der Waals surface area contributed by atoms with Crippen LogP contribution < -0.4 is 9.47 Å². The van der Waals surface area contributed by atoms with Crippen molar-refractivity contribution in [3.05, 3.63) is 60.4 Å². The van der Waals surface area contributed by atoms with Crippen molar-refractivity contribution >= 4 is 17.7 Å². The number of para-hydroxylation sites is 1. The fraction of sp³-hybridized carbons (Fsp3) is 0.250. The number of hydrogen-bond acceptors (Lipinski definition) is 6. The smallest absolute Gasteiger partial charge is 0.233 e. The maximum Gasteiger partial charge on any atom is 0.233 e. The summed E-state index contributed by atoms with van der Waals surface area (Å²) < 4.78 is 12.8. The minimum atomic E-state index is 0.0101. The Morgan fingerprint density at radius 3 is 2.75 bits per heavy atom. The van der Waals surface area contributed by atoms with Gasteiger partial charge in [0.05, 0.1) is 11.4 Å². The number of amides is 1. The third-order valence-corrected chi connectivity index (χ3v) is 5.10. The van der Waals surface area contributed by atoms with Crippen LogP contribution in [0.25, 0.3) is 5.69 Å². The molecule has 0 spiro atoms. The summed E-state index contributed by atoms with van der Waals surface area (Å²) in [4.78, 5) is 18.4. The van der Waals surface area contributed by atoms with Crippen molar-refractivity contribution < 1.29 is 14.3 Å². The predicted octanol–water partition coefficient (Wildman–Crippen LogP) is 2.79. The van der Waals surface area contributed by atoms with Crippen molar-refractivity contribution in [1.29, 1.82) is 0 Å². The van der Waals surface area contributed by atoms with Gasteiger partial charge in [0.1, 0.15) is 19.5 Å². The summed E-state index contributed by atoms with van der Waals surface area (Å²) in [5.41, 5.74) is 1.93. The van der Waals surface area contributed by atoms with Gasteiger partial charge in [-0.3, -0.25) is 4.79 Å². The van der Waals surface area contributed by atoms with E-state index in [1.807, 2.05) is 48.5 Å². The fourth-order valence-corrected chi connectivity index (χ4v) is 3.54. The molecule has 144 valence electrons. The zero-order valence-corrected chi connectivity index (χ0v) is 16.3. The van der Waals surface area contributed by atoms with E-state index in [-0.39, 0.29) is 11.7 Å². The number of rotatable bonds is 6. The molecule has 2 heterocycles. The number of ether oxygens (including phenoxy) is 2. The number of aromatic nitrogens is 3. The zero-order chi connectivity index (χ0) is 19.3. The molecule has 0 unspecified atom stereocenters. The molecule has 0 atom stereocenters. The van der Waals surface area contributed by atoms with E-state index in [9.17, 15) is 4.79 Å². The van der Waals surface area contributed by atoms with Crippen molar-refractivity contribution in [2.45, 2.75) is 11.7 Å². The summed E-state index contributed by atoms with van der Waals surface area (Å²) in [5.74, 6) is 1.77. The van der Waals surface area contributed by atoms with E-state index < -0.39 is 0 Å². The number of nitrogens with zero attached hydrogens (tertiary/aromatic N) is 4. The van der Waals surface area contributed by atoms with Crippen molar-refractivity contribution in [1.82, 2.24) is 19.7 Å². The molecule has 0 aliphatic carbocycles. The molecule has 0 N–H and O–H groups in total. The molecule has 1 aliphatic heterocycles. The van der Waals surface area contributed by atoms with Crippen LogP contribution in [0.15, 0.2) is 60.0 Å². The molecule has 0 fully saturated rings. The van der Waals surface area contributed by atoms with E-state index in [2.05, 4.69) is 10.1 Å². The Kier molecular flexibility index (Phi) is 5.48. The second-order valence-corrected chi connectivity index (χ2v) is 7.27. The summed E-state index contributed by atoms with van der Waals surface area (Å²) in [5, 5.41) is 4.99. The monoisotopic (exact) mass is 396 g/mol. The lowest BCUT2D eigenvalue weighted by molar-refractivity contribution is -0.127. The van der Waals surface area contributed by atoms with Crippen molar-refractivity contribution in [3.63, 3.8) is 0 Å². The molecule has 0 saturated carbocycles. The quantitative estimate of drug-likeness (QED) is 0.597. The normalized spacial score (nSPS) is 12.6. The summed E-state index contributed by atoms with van der Waals surface area (Å²) in [6.07, 6.45) is 1.65. The first-order valence-electron chi connectivity index (χ1n) is 8.91. The van der Waals surface area contributed by atoms with Crippen molar-refractivity contribution in [2.24, 2.45) is 0 Å². The van der Waals surface area contributed by atoms with Gasteiger partial charge in [-0.2, -0.15) is 0 Å². The first-order valence-corrected chi connectivity index (χ1v) is 9.90. The molecule has 8 heteroatoms. The van der Waals surface area contributed by atoms with Crippen molar-refractivity contribution in [3.8, 4) is 17.2 Å². The third-order valence-electron chi connectivity index (χ3n) is 4.27. The minimum Gasteiger partial charge on any atom is -0.486 e. The molecule has 0 bridgehead atoms. The van der Waals surface area contributed by atoms with Crippen LogP contribution in [0.5, 0.6) is 11.5 Å². The summed E-state index contributed by atoms with van der Waals surface area (Å²) in [6, 6.07) is 15.5. The minimum absolute atomic E-state index is 0.0101. The maximum atomic E-state index is 12.5. The molecule has 1 aromatic heterocycles. The Morgan fingerprint density at radius 1 is 1.14 bits per heavy atom. The fourth-order valence-electron chi connectivity index (χ4n) is 2.80. The van der Waals surface area contributed by atoms with E-state index in [0.29, 0.717) is 24.9 Å². The summed E-state index contributed by atoms with van der Waals surface area (Å²) in [6.45, 7) is 1.61. The average Bonchev–Trinajstić information content (AvgIpc) is 3.21. The molecule has 2 aromatic carbocycles. The van der Waals surface area contributed by atoms with Gasteiger partial charge in [0.2, 0.25) is 11.1 Å². The van der Waals surface area contributed by atoms with Gasteiger partial charge in [-0.05, 0) is 29.8 Å². The molecule has 0 saturated heterocycles. The number of fused-ring (bicyclic) bond motifs is 1.